The lowest BCUT2D eigenvalue weighted by Gasteiger charge is -1.96. The highest BCUT2D eigenvalue weighted by atomic mass is 79.9. The van der Waals surface area contributed by atoms with Gasteiger partial charge in [-0.2, -0.15) is 0 Å². The van der Waals surface area contributed by atoms with Crippen molar-refractivity contribution in [1.82, 2.24) is 0 Å². The van der Waals surface area contributed by atoms with E-state index in [4.69, 9.17) is 16.0 Å². The van der Waals surface area contributed by atoms with Gasteiger partial charge in [-0.25, -0.2) is 0 Å². The first kappa shape index (κ1) is 7.95. The Morgan fingerprint density at radius 1 is 2.00 bits per heavy atom. The molecule has 1 nitrogen and oxygen atoms in total. The summed E-state index contributed by atoms with van der Waals surface area (Å²) in [6, 6.07) is 0. The van der Waals surface area contributed by atoms with Crippen molar-refractivity contribution < 1.29 is 4.43 Å². The third-order valence-corrected chi connectivity index (χ3v) is 2.51. The van der Waals surface area contributed by atoms with Gasteiger partial charge in [-0.05, 0) is 6.92 Å². The van der Waals surface area contributed by atoms with Gasteiger partial charge in [0.2, 0.25) is 0 Å². The van der Waals surface area contributed by atoms with Crippen LogP contribution in [-0.4, -0.2) is 20.3 Å². The van der Waals surface area contributed by atoms with Crippen LogP contribution in [0.4, 0.5) is 0 Å². The molecule has 44 valence electrons. The van der Waals surface area contributed by atoms with Crippen molar-refractivity contribution in [1.29, 1.82) is 0 Å². The first-order chi connectivity index (χ1) is 3.27. The minimum Gasteiger partial charge on any atom is -0.422 e. The lowest BCUT2D eigenvalue weighted by atomic mass is 10.9. The molecule has 0 aromatic heterocycles. The summed E-state index contributed by atoms with van der Waals surface area (Å²) in [6.45, 7) is 2.76. The minimum absolute atomic E-state index is 0.104. The van der Waals surface area contributed by atoms with Crippen molar-refractivity contribution in [2.75, 3.05) is 6.61 Å². The highest BCUT2D eigenvalue weighted by Crippen LogP contribution is 2.01. The van der Waals surface area contributed by atoms with Crippen LogP contribution >= 0.6 is 27.5 Å². The number of hydrogen-bond donors (Lipinski definition) is 0. The number of hydrogen-bond acceptors (Lipinski definition) is 1. The highest BCUT2D eigenvalue weighted by Gasteiger charge is 1.95. The molecule has 0 amide bonds. The van der Waals surface area contributed by atoms with Crippen LogP contribution in [0.2, 0.25) is 0 Å². The monoisotopic (exact) mass is 202 g/mol. The molecule has 1 atom stereocenters. The molecule has 0 aromatic rings. The third kappa shape index (κ3) is 6.95. The summed E-state index contributed by atoms with van der Waals surface area (Å²) in [5.41, 5.74) is 0. The third-order valence-electron chi connectivity index (χ3n) is 0.448. The molecule has 0 aliphatic rings. The Labute approximate surface area is 59.5 Å². The minimum atomic E-state index is -0.472. The summed E-state index contributed by atoms with van der Waals surface area (Å²) in [5.74, 6) is 0. The average Bonchev–Trinajstić information content (AvgIpc) is 1.61. The molecular weight excluding hydrogens is 195 g/mol. The Balaban J connectivity index is 2.68. The smallest absolute Gasteiger partial charge is 0.190 e. The number of rotatable bonds is 3. The van der Waals surface area contributed by atoms with E-state index in [1.165, 1.54) is 0 Å². The zero-order valence-electron chi connectivity index (χ0n) is 4.16. The molecule has 0 aromatic carbocycles. The lowest BCUT2D eigenvalue weighted by Crippen LogP contribution is -2.05. The van der Waals surface area contributed by atoms with Crippen LogP contribution in [-0.2, 0) is 4.43 Å². The summed E-state index contributed by atoms with van der Waals surface area (Å²) in [7, 11) is -0.472. The van der Waals surface area contributed by atoms with Crippen LogP contribution in [0.5, 0.6) is 0 Å². The van der Waals surface area contributed by atoms with Gasteiger partial charge in [0.15, 0.2) is 9.76 Å². The van der Waals surface area contributed by atoms with Gasteiger partial charge in [-0.15, -0.1) is 11.6 Å². The topological polar surface area (TPSA) is 9.23 Å². The van der Waals surface area contributed by atoms with Crippen LogP contribution in [0.25, 0.3) is 0 Å². The van der Waals surface area contributed by atoms with Gasteiger partial charge in [0.1, 0.15) is 3.91 Å². The molecular formula is C3H8BrClOSi. The molecule has 1 unspecified atom stereocenters. The van der Waals surface area contributed by atoms with Gasteiger partial charge < -0.3 is 4.43 Å². The average molecular weight is 204 g/mol. The lowest BCUT2D eigenvalue weighted by molar-refractivity contribution is 0.362. The van der Waals surface area contributed by atoms with Crippen molar-refractivity contribution >= 4 is 37.3 Å². The second kappa shape index (κ2) is 5.09. The molecule has 0 heterocycles. The summed E-state index contributed by atoms with van der Waals surface area (Å²) >= 11 is 8.69. The van der Waals surface area contributed by atoms with E-state index in [0.29, 0.717) is 0 Å². The van der Waals surface area contributed by atoms with Gasteiger partial charge in [-0.1, -0.05) is 15.9 Å². The van der Waals surface area contributed by atoms with Crippen molar-refractivity contribution in [3.63, 3.8) is 0 Å². The van der Waals surface area contributed by atoms with Gasteiger partial charge in [0, 0.05) is 6.61 Å². The van der Waals surface area contributed by atoms with Crippen LogP contribution in [0.15, 0.2) is 0 Å². The van der Waals surface area contributed by atoms with Crippen molar-refractivity contribution in [2.45, 2.75) is 10.8 Å². The van der Waals surface area contributed by atoms with E-state index >= 15 is 0 Å². The molecule has 0 bridgehead atoms. The Hall–Kier alpha value is 0.947. The largest absolute Gasteiger partial charge is 0.422 e. The fourth-order valence-corrected chi connectivity index (χ4v) is 1.45. The van der Waals surface area contributed by atoms with Crippen LogP contribution < -0.4 is 0 Å². The first-order valence-corrected chi connectivity index (χ1v) is 4.88. The fourth-order valence-electron chi connectivity index (χ4n) is 0.207. The zero-order chi connectivity index (χ0) is 5.70. The van der Waals surface area contributed by atoms with Crippen LogP contribution in [0, 0.1) is 0 Å². The predicted octanol–water partition coefficient (Wildman–Crippen LogP) is 1.02. The first-order valence-electron chi connectivity index (χ1n) is 2.13. The zero-order valence-corrected chi connectivity index (χ0v) is 7.91. The van der Waals surface area contributed by atoms with Crippen molar-refractivity contribution in [3.8, 4) is 0 Å². The molecule has 0 N–H and O–H groups in total. The van der Waals surface area contributed by atoms with E-state index in [1.807, 2.05) is 6.92 Å². The maximum atomic E-state index is 5.51. The van der Waals surface area contributed by atoms with Gasteiger partial charge in [0.05, 0.1) is 0 Å². The van der Waals surface area contributed by atoms with E-state index in [0.717, 1.165) is 6.61 Å². The molecule has 0 fully saturated rings. The van der Waals surface area contributed by atoms with Gasteiger partial charge in [-0.3, -0.25) is 0 Å². The van der Waals surface area contributed by atoms with Crippen LogP contribution in [0.3, 0.4) is 0 Å². The highest BCUT2D eigenvalue weighted by molar-refractivity contribution is 9.10. The van der Waals surface area contributed by atoms with E-state index in [2.05, 4.69) is 15.9 Å². The maximum Gasteiger partial charge on any atom is 0.190 e. The normalized spacial score (nSPS) is 15.9. The predicted molar refractivity (Wildman–Crippen MR) is 38.7 cm³/mol. The Bertz CT molecular complexity index is 43.9. The number of alkyl halides is 2. The molecule has 4 heteroatoms. The number of halogens is 2. The summed E-state index contributed by atoms with van der Waals surface area (Å²) in [4.78, 5) is 0. The SMILES string of the molecule is CCO[SiH2]C(Cl)Br. The summed E-state index contributed by atoms with van der Waals surface area (Å²) < 4.78 is 5.16. The molecule has 0 saturated heterocycles. The quantitative estimate of drug-likeness (QED) is 0.492. The Kier molecular flexibility index (Phi) is 5.78. The molecule has 0 radical (unpaired) electrons. The van der Waals surface area contributed by atoms with Gasteiger partial charge in [0.25, 0.3) is 0 Å². The Morgan fingerprint density at radius 3 is 2.71 bits per heavy atom. The van der Waals surface area contributed by atoms with Crippen LogP contribution in [0.1, 0.15) is 6.92 Å². The van der Waals surface area contributed by atoms with E-state index in [1.54, 1.807) is 0 Å². The van der Waals surface area contributed by atoms with Gasteiger partial charge >= 0.3 is 0 Å². The maximum absolute atomic E-state index is 5.51. The second-order valence-electron chi connectivity index (χ2n) is 1.05. The molecule has 0 spiro atoms. The van der Waals surface area contributed by atoms with Crippen molar-refractivity contribution in [2.24, 2.45) is 0 Å². The van der Waals surface area contributed by atoms with E-state index in [9.17, 15) is 0 Å². The molecule has 0 saturated carbocycles. The summed E-state index contributed by atoms with van der Waals surface area (Å²) in [5, 5.41) is 0. The molecule has 7 heavy (non-hydrogen) atoms. The standard InChI is InChI=1S/C3H8BrClOSi/c1-2-6-7-3(4)5/h3H,2,7H2,1H3. The molecule has 0 rings (SSSR count). The second-order valence-corrected chi connectivity index (χ2v) is 6.48. The molecule has 0 aliphatic heterocycles. The van der Waals surface area contributed by atoms with E-state index < -0.39 is 9.76 Å². The van der Waals surface area contributed by atoms with E-state index in [-0.39, 0.29) is 3.91 Å². The van der Waals surface area contributed by atoms with Crippen molar-refractivity contribution in [3.05, 3.63) is 0 Å². The fraction of sp³-hybridized carbons (Fsp3) is 1.00. The Morgan fingerprint density at radius 2 is 2.57 bits per heavy atom. The molecule has 0 aliphatic carbocycles. The summed E-state index contributed by atoms with van der Waals surface area (Å²) in [6.07, 6.45) is 0.